The maximum Gasteiger partial charge on any atom is 0.259 e. The summed E-state index contributed by atoms with van der Waals surface area (Å²) in [4.78, 5) is 18.0. The predicted molar refractivity (Wildman–Crippen MR) is 69.0 cm³/mol. The number of hydrogen-bond acceptors (Lipinski definition) is 3. The lowest BCUT2D eigenvalue weighted by molar-refractivity contribution is 0.868. The number of anilines is 1. The molecule has 16 heavy (non-hydrogen) atoms. The van der Waals surface area contributed by atoms with Gasteiger partial charge in [0.1, 0.15) is 5.82 Å². The molecule has 2 aromatic heterocycles. The summed E-state index contributed by atoms with van der Waals surface area (Å²) in [5.74, 6) is 0.835. The fourth-order valence-corrected chi connectivity index (χ4v) is 2.18. The van der Waals surface area contributed by atoms with E-state index >= 15 is 0 Å². The van der Waals surface area contributed by atoms with E-state index in [-0.39, 0.29) is 5.56 Å². The van der Waals surface area contributed by atoms with Crippen LogP contribution in [0.15, 0.2) is 27.7 Å². The Labute approximate surface area is 102 Å². The molecule has 0 bridgehead atoms. The van der Waals surface area contributed by atoms with Crippen LogP contribution in [0.25, 0.3) is 10.8 Å². The Morgan fingerprint density at radius 2 is 2.06 bits per heavy atom. The summed E-state index contributed by atoms with van der Waals surface area (Å²) >= 11 is 3.46. The van der Waals surface area contributed by atoms with Crippen molar-refractivity contribution >= 4 is 32.5 Å². The van der Waals surface area contributed by atoms with Crippen molar-refractivity contribution in [3.63, 3.8) is 0 Å². The van der Waals surface area contributed by atoms with Crippen molar-refractivity contribution in [1.29, 1.82) is 0 Å². The summed E-state index contributed by atoms with van der Waals surface area (Å²) in [5, 5.41) is 1.52. The molecule has 0 unspecified atom stereocenters. The van der Waals surface area contributed by atoms with Gasteiger partial charge in [-0.25, -0.2) is 4.98 Å². The average molecular weight is 282 g/mol. The molecule has 84 valence electrons. The Bertz CT molecular complexity index is 604. The van der Waals surface area contributed by atoms with Gasteiger partial charge in [0.15, 0.2) is 0 Å². The van der Waals surface area contributed by atoms with Crippen LogP contribution in [0.4, 0.5) is 5.82 Å². The van der Waals surface area contributed by atoms with E-state index in [9.17, 15) is 4.79 Å². The summed E-state index contributed by atoms with van der Waals surface area (Å²) in [6.07, 6.45) is 3.39. The van der Waals surface area contributed by atoms with Crippen molar-refractivity contribution in [2.75, 3.05) is 19.0 Å². The number of rotatable bonds is 1. The number of fused-ring (bicyclic) bond motifs is 1. The molecule has 5 heteroatoms. The topological polar surface area (TPSA) is 38.1 Å². The van der Waals surface area contributed by atoms with E-state index < -0.39 is 0 Å². The highest BCUT2D eigenvalue weighted by atomic mass is 79.9. The summed E-state index contributed by atoms with van der Waals surface area (Å²) < 4.78 is 2.44. The van der Waals surface area contributed by atoms with Gasteiger partial charge < -0.3 is 9.47 Å². The first-order valence-corrected chi connectivity index (χ1v) is 5.62. The molecule has 2 aromatic rings. The Hall–Kier alpha value is -1.36. The number of halogens is 1. The van der Waals surface area contributed by atoms with E-state index in [4.69, 9.17) is 0 Å². The molecule has 0 atom stereocenters. The van der Waals surface area contributed by atoms with E-state index in [0.29, 0.717) is 5.39 Å². The van der Waals surface area contributed by atoms with Gasteiger partial charge in [-0.2, -0.15) is 0 Å². The van der Waals surface area contributed by atoms with Gasteiger partial charge in [-0.1, -0.05) is 0 Å². The van der Waals surface area contributed by atoms with Crippen molar-refractivity contribution in [3.8, 4) is 0 Å². The molecule has 4 nitrogen and oxygen atoms in total. The number of hydrogen-bond donors (Lipinski definition) is 0. The van der Waals surface area contributed by atoms with Crippen molar-refractivity contribution in [2.45, 2.75) is 0 Å². The number of pyridine rings is 2. The molecule has 0 aliphatic heterocycles. The largest absolute Gasteiger partial charge is 0.363 e. The quantitative estimate of drug-likeness (QED) is 0.800. The molecule has 0 fully saturated rings. The SMILES string of the molecule is CN(C)c1cc2c(Br)cn(C)c(=O)c2cn1. The van der Waals surface area contributed by atoms with Crippen molar-refractivity contribution in [1.82, 2.24) is 9.55 Å². The van der Waals surface area contributed by atoms with E-state index in [1.807, 2.05) is 25.1 Å². The third kappa shape index (κ3) is 1.71. The first-order chi connectivity index (χ1) is 7.50. The van der Waals surface area contributed by atoms with Gasteiger partial charge in [-0.05, 0) is 22.0 Å². The van der Waals surface area contributed by atoms with Crippen LogP contribution in [0.5, 0.6) is 0 Å². The fourth-order valence-electron chi connectivity index (χ4n) is 1.55. The summed E-state index contributed by atoms with van der Waals surface area (Å²) in [5.41, 5.74) is -0.0315. The Balaban J connectivity index is 2.85. The predicted octanol–water partition coefficient (Wildman–Crippen LogP) is 1.76. The summed E-state index contributed by atoms with van der Waals surface area (Å²) in [6.45, 7) is 0. The minimum absolute atomic E-state index is 0.0315. The third-order valence-electron chi connectivity index (χ3n) is 2.46. The highest BCUT2D eigenvalue weighted by Crippen LogP contribution is 2.23. The van der Waals surface area contributed by atoms with Gasteiger partial charge in [0.25, 0.3) is 5.56 Å². The van der Waals surface area contributed by atoms with E-state index in [1.54, 1.807) is 24.0 Å². The molecule has 0 aliphatic rings. The highest BCUT2D eigenvalue weighted by Gasteiger charge is 2.07. The second kappa shape index (κ2) is 3.90. The van der Waals surface area contributed by atoms with Crippen LogP contribution in [0.3, 0.4) is 0 Å². The molecular formula is C11H12BrN3O. The van der Waals surface area contributed by atoms with Crippen molar-refractivity contribution in [3.05, 3.63) is 33.3 Å². The maximum absolute atomic E-state index is 11.9. The van der Waals surface area contributed by atoms with Crippen LogP contribution < -0.4 is 10.5 Å². The Morgan fingerprint density at radius 1 is 1.38 bits per heavy atom. The fraction of sp³-hybridized carbons (Fsp3) is 0.273. The Kier molecular flexibility index (Phi) is 2.71. The first kappa shape index (κ1) is 11.1. The van der Waals surface area contributed by atoms with E-state index in [0.717, 1.165) is 15.7 Å². The van der Waals surface area contributed by atoms with Crippen LogP contribution in [-0.2, 0) is 7.05 Å². The van der Waals surface area contributed by atoms with Crippen molar-refractivity contribution in [2.24, 2.45) is 7.05 Å². The monoisotopic (exact) mass is 281 g/mol. The molecule has 2 rings (SSSR count). The Morgan fingerprint density at radius 3 is 2.69 bits per heavy atom. The number of aromatic nitrogens is 2. The lowest BCUT2D eigenvalue weighted by Gasteiger charge is -2.12. The van der Waals surface area contributed by atoms with Gasteiger partial charge in [-0.3, -0.25) is 4.79 Å². The van der Waals surface area contributed by atoms with Gasteiger partial charge in [0, 0.05) is 43.4 Å². The van der Waals surface area contributed by atoms with Crippen LogP contribution in [0.2, 0.25) is 0 Å². The zero-order valence-corrected chi connectivity index (χ0v) is 10.9. The van der Waals surface area contributed by atoms with Gasteiger partial charge in [-0.15, -0.1) is 0 Å². The zero-order chi connectivity index (χ0) is 11.9. The highest BCUT2D eigenvalue weighted by molar-refractivity contribution is 9.10. The number of nitrogens with zero attached hydrogens (tertiary/aromatic N) is 3. The maximum atomic E-state index is 11.9. The molecule has 2 heterocycles. The van der Waals surface area contributed by atoms with Gasteiger partial charge in [0.2, 0.25) is 0 Å². The van der Waals surface area contributed by atoms with Crippen LogP contribution in [-0.4, -0.2) is 23.6 Å². The first-order valence-electron chi connectivity index (χ1n) is 4.83. The zero-order valence-electron chi connectivity index (χ0n) is 9.36. The van der Waals surface area contributed by atoms with Crippen molar-refractivity contribution < 1.29 is 0 Å². The minimum atomic E-state index is -0.0315. The molecular weight excluding hydrogens is 270 g/mol. The van der Waals surface area contributed by atoms with Crippen LogP contribution >= 0.6 is 15.9 Å². The second-order valence-corrected chi connectivity index (χ2v) is 4.73. The van der Waals surface area contributed by atoms with E-state index in [2.05, 4.69) is 20.9 Å². The molecule has 0 aliphatic carbocycles. The molecule has 0 N–H and O–H groups in total. The lowest BCUT2D eigenvalue weighted by atomic mass is 10.2. The average Bonchev–Trinajstić information content (AvgIpc) is 2.25. The molecule has 0 spiro atoms. The molecule has 0 radical (unpaired) electrons. The normalized spacial score (nSPS) is 10.8. The van der Waals surface area contributed by atoms with Crippen LogP contribution in [0.1, 0.15) is 0 Å². The standard InChI is InChI=1S/C11H12BrN3O/c1-14(2)10-4-7-8(5-13-10)11(16)15(3)6-9(7)12/h4-6H,1-3H3. The molecule has 0 aromatic carbocycles. The smallest absolute Gasteiger partial charge is 0.259 e. The summed E-state index contributed by atoms with van der Waals surface area (Å²) in [7, 11) is 5.57. The number of aryl methyl sites for hydroxylation is 1. The summed E-state index contributed by atoms with van der Waals surface area (Å²) in [6, 6.07) is 1.90. The molecule has 0 saturated carbocycles. The van der Waals surface area contributed by atoms with Gasteiger partial charge >= 0.3 is 0 Å². The van der Waals surface area contributed by atoms with Gasteiger partial charge in [0.05, 0.1) is 5.39 Å². The second-order valence-electron chi connectivity index (χ2n) is 3.88. The van der Waals surface area contributed by atoms with E-state index in [1.165, 1.54) is 0 Å². The molecule has 0 amide bonds. The minimum Gasteiger partial charge on any atom is -0.363 e. The van der Waals surface area contributed by atoms with Crippen LogP contribution in [0, 0.1) is 0 Å². The lowest BCUT2D eigenvalue weighted by Crippen LogP contribution is -2.17. The molecule has 0 saturated heterocycles. The third-order valence-corrected chi connectivity index (χ3v) is 3.09.